The summed E-state index contributed by atoms with van der Waals surface area (Å²) in [4.78, 5) is 24.0. The van der Waals surface area contributed by atoms with Gasteiger partial charge in [-0.3, -0.25) is 9.59 Å². The lowest BCUT2D eigenvalue weighted by atomic mass is 10.2. The first-order valence-electron chi connectivity index (χ1n) is 4.34. The van der Waals surface area contributed by atoms with Crippen LogP contribution in [-0.4, -0.2) is 36.3 Å². The average molecular weight is 221 g/mol. The van der Waals surface area contributed by atoms with Gasteiger partial charge in [0.1, 0.15) is 6.54 Å². The quantitative estimate of drug-likeness (QED) is 0.695. The summed E-state index contributed by atoms with van der Waals surface area (Å²) in [6.45, 7) is -0.352. The lowest BCUT2D eigenvalue weighted by Gasteiger charge is -2.00. The van der Waals surface area contributed by atoms with Crippen LogP contribution in [0.3, 0.4) is 0 Å². The summed E-state index contributed by atoms with van der Waals surface area (Å²) in [5.41, 5.74) is 0.164. The molecule has 0 atom stereocenters. The Morgan fingerprint density at radius 2 is 2.38 bits per heavy atom. The minimum Gasteiger partial charge on any atom is -0.480 e. The first-order chi connectivity index (χ1) is 7.66. The molecule has 2 heterocycles. The Morgan fingerprint density at radius 1 is 1.56 bits per heavy atom. The molecule has 0 unspecified atom stereocenters. The number of hydrogen-bond donors (Lipinski definition) is 2. The van der Waals surface area contributed by atoms with Gasteiger partial charge in [-0.15, -0.1) is 5.10 Å². The number of aliphatic carboxylic acids is 1. The Kier molecular flexibility index (Phi) is 2.46. The largest absolute Gasteiger partial charge is 0.480 e. The fourth-order valence-electron chi connectivity index (χ4n) is 1.23. The summed E-state index contributed by atoms with van der Waals surface area (Å²) in [7, 11) is 0. The number of H-pyrrole nitrogens is 1. The van der Waals surface area contributed by atoms with E-state index >= 15 is 0 Å². The van der Waals surface area contributed by atoms with E-state index in [4.69, 9.17) is 5.11 Å². The Bertz CT molecular complexity index is 573. The van der Waals surface area contributed by atoms with Gasteiger partial charge < -0.3 is 10.1 Å². The highest BCUT2D eigenvalue weighted by Crippen LogP contribution is 2.11. The number of carboxylic acids is 1. The van der Waals surface area contributed by atoms with Crippen LogP contribution < -0.4 is 5.56 Å². The van der Waals surface area contributed by atoms with Gasteiger partial charge in [-0.2, -0.15) is 0 Å². The first-order valence-corrected chi connectivity index (χ1v) is 4.34. The maximum absolute atomic E-state index is 11.1. The van der Waals surface area contributed by atoms with Crippen molar-refractivity contribution in [3.63, 3.8) is 0 Å². The number of rotatable bonds is 3. The smallest absolute Gasteiger partial charge is 0.325 e. The maximum atomic E-state index is 11.1. The van der Waals surface area contributed by atoms with Crippen LogP contribution in [-0.2, 0) is 11.3 Å². The molecule has 0 saturated carbocycles. The van der Waals surface area contributed by atoms with E-state index in [0.717, 1.165) is 4.68 Å². The van der Waals surface area contributed by atoms with E-state index in [0.29, 0.717) is 5.56 Å². The van der Waals surface area contributed by atoms with E-state index < -0.39 is 5.97 Å². The number of nitrogens with one attached hydrogen (secondary N) is 1. The second-order valence-corrected chi connectivity index (χ2v) is 3.00. The van der Waals surface area contributed by atoms with Crippen LogP contribution in [0, 0.1) is 0 Å². The molecule has 8 heteroatoms. The van der Waals surface area contributed by atoms with Crippen LogP contribution in [0.5, 0.6) is 0 Å². The Labute approximate surface area is 88.5 Å². The lowest BCUT2D eigenvalue weighted by molar-refractivity contribution is -0.137. The fourth-order valence-corrected chi connectivity index (χ4v) is 1.23. The zero-order valence-corrected chi connectivity index (χ0v) is 7.99. The van der Waals surface area contributed by atoms with Crippen molar-refractivity contribution < 1.29 is 9.90 Å². The molecule has 2 N–H and O–H groups in total. The molecule has 0 aliphatic rings. The van der Waals surface area contributed by atoms with E-state index in [1.807, 2.05) is 0 Å². The van der Waals surface area contributed by atoms with Gasteiger partial charge in [-0.25, -0.2) is 4.68 Å². The second-order valence-electron chi connectivity index (χ2n) is 3.00. The van der Waals surface area contributed by atoms with Gasteiger partial charge in [0.25, 0.3) is 0 Å². The van der Waals surface area contributed by atoms with E-state index in [-0.39, 0.29) is 17.9 Å². The molecule has 0 aliphatic carbocycles. The summed E-state index contributed by atoms with van der Waals surface area (Å²) >= 11 is 0. The van der Waals surface area contributed by atoms with Gasteiger partial charge >= 0.3 is 5.97 Å². The van der Waals surface area contributed by atoms with E-state index in [1.165, 1.54) is 12.3 Å². The number of aromatic amines is 1. The number of hydrogen-bond acceptors (Lipinski definition) is 5. The SMILES string of the molecule is O=C(O)Cn1nnnc1-c1cc[nH]c(=O)c1. The molecule has 0 radical (unpaired) electrons. The third kappa shape index (κ3) is 1.95. The molecule has 0 spiro atoms. The summed E-state index contributed by atoms with van der Waals surface area (Å²) in [6.07, 6.45) is 1.44. The molecule has 0 fully saturated rings. The zero-order chi connectivity index (χ0) is 11.5. The van der Waals surface area contributed by atoms with Crippen molar-refractivity contribution in [2.45, 2.75) is 6.54 Å². The molecule has 0 bridgehead atoms. The molecular weight excluding hydrogens is 214 g/mol. The highest BCUT2D eigenvalue weighted by molar-refractivity contribution is 5.67. The summed E-state index contributed by atoms with van der Waals surface area (Å²) in [5.74, 6) is -0.813. The summed E-state index contributed by atoms with van der Waals surface area (Å²) in [6, 6.07) is 2.88. The molecule has 2 rings (SSSR count). The van der Waals surface area contributed by atoms with Crippen LogP contribution in [0.1, 0.15) is 0 Å². The van der Waals surface area contributed by atoms with Crippen LogP contribution in [0.15, 0.2) is 23.1 Å². The topological polar surface area (TPSA) is 114 Å². The second kappa shape index (κ2) is 3.93. The zero-order valence-electron chi connectivity index (χ0n) is 7.99. The predicted octanol–water partition coefficient (Wildman–Crippen LogP) is -0.887. The standard InChI is InChI=1S/C8H7N5O3/c14-6-3-5(1-2-9-6)8-10-11-12-13(8)4-7(15)16/h1-3H,4H2,(H,9,14)(H,15,16). The van der Waals surface area contributed by atoms with Gasteiger partial charge in [0.2, 0.25) is 5.56 Å². The van der Waals surface area contributed by atoms with Crippen molar-refractivity contribution in [1.29, 1.82) is 0 Å². The Morgan fingerprint density at radius 3 is 3.06 bits per heavy atom. The number of carboxylic acid groups (broad SMARTS) is 1. The third-order valence-corrected chi connectivity index (χ3v) is 1.85. The van der Waals surface area contributed by atoms with Crippen LogP contribution >= 0.6 is 0 Å². The monoisotopic (exact) mass is 221 g/mol. The summed E-state index contributed by atoms with van der Waals surface area (Å²) < 4.78 is 1.11. The number of aromatic nitrogens is 5. The molecule has 82 valence electrons. The molecule has 2 aromatic rings. The summed E-state index contributed by atoms with van der Waals surface area (Å²) in [5, 5.41) is 19.2. The minimum absolute atomic E-state index is 0.244. The molecule has 0 aliphatic heterocycles. The van der Waals surface area contributed by atoms with Crippen molar-refractivity contribution in [2.75, 3.05) is 0 Å². The highest BCUT2D eigenvalue weighted by atomic mass is 16.4. The van der Waals surface area contributed by atoms with Crippen molar-refractivity contribution in [3.8, 4) is 11.4 Å². The number of nitrogens with zero attached hydrogens (tertiary/aromatic N) is 4. The van der Waals surface area contributed by atoms with Crippen LogP contribution in [0.25, 0.3) is 11.4 Å². The first kappa shape index (κ1) is 10.0. The van der Waals surface area contributed by atoms with Gasteiger partial charge in [-0.1, -0.05) is 0 Å². The molecule has 8 nitrogen and oxygen atoms in total. The average Bonchev–Trinajstić information content (AvgIpc) is 2.65. The normalized spacial score (nSPS) is 10.2. The third-order valence-electron chi connectivity index (χ3n) is 1.85. The van der Waals surface area contributed by atoms with Crippen LogP contribution in [0.2, 0.25) is 0 Å². The molecule has 0 saturated heterocycles. The molecule has 0 aromatic carbocycles. The Hall–Kier alpha value is -2.51. The fraction of sp³-hybridized carbons (Fsp3) is 0.125. The van der Waals surface area contributed by atoms with E-state index in [9.17, 15) is 9.59 Å². The highest BCUT2D eigenvalue weighted by Gasteiger charge is 2.11. The minimum atomic E-state index is -1.06. The molecule has 0 amide bonds. The van der Waals surface area contributed by atoms with Gasteiger partial charge in [0, 0.05) is 17.8 Å². The Balaban J connectivity index is 2.44. The van der Waals surface area contributed by atoms with Gasteiger partial charge in [0.15, 0.2) is 5.82 Å². The van der Waals surface area contributed by atoms with Gasteiger partial charge in [-0.05, 0) is 16.5 Å². The number of carbonyl (C=O) groups is 1. The number of pyridine rings is 1. The molecular formula is C8H7N5O3. The van der Waals surface area contributed by atoms with E-state index in [1.54, 1.807) is 6.07 Å². The maximum Gasteiger partial charge on any atom is 0.325 e. The van der Waals surface area contributed by atoms with Gasteiger partial charge in [0.05, 0.1) is 0 Å². The predicted molar refractivity (Wildman–Crippen MR) is 51.5 cm³/mol. The lowest BCUT2D eigenvalue weighted by Crippen LogP contribution is -2.12. The van der Waals surface area contributed by atoms with Crippen molar-refractivity contribution in [2.24, 2.45) is 0 Å². The van der Waals surface area contributed by atoms with Crippen molar-refractivity contribution >= 4 is 5.97 Å². The molecule has 2 aromatic heterocycles. The molecule has 16 heavy (non-hydrogen) atoms. The van der Waals surface area contributed by atoms with E-state index in [2.05, 4.69) is 20.5 Å². The van der Waals surface area contributed by atoms with Crippen LogP contribution in [0.4, 0.5) is 0 Å². The number of tetrazole rings is 1. The van der Waals surface area contributed by atoms with Crippen molar-refractivity contribution in [1.82, 2.24) is 25.2 Å². The van der Waals surface area contributed by atoms with Crippen molar-refractivity contribution in [3.05, 3.63) is 28.7 Å².